The maximum atomic E-state index is 14.7. The zero-order valence-electron chi connectivity index (χ0n) is 21.3. The van der Waals surface area contributed by atoms with Crippen molar-refractivity contribution in [3.8, 4) is 0 Å². The summed E-state index contributed by atoms with van der Waals surface area (Å²) in [5.74, 6) is -3.53. The molecule has 0 bridgehead atoms. The van der Waals surface area contributed by atoms with Gasteiger partial charge in [0.2, 0.25) is 21.8 Å². The number of amidine groups is 1. The largest absolute Gasteiger partial charge is 0.449 e. The first-order chi connectivity index (χ1) is 18.3. The number of amides is 1. The molecule has 1 amide bonds. The minimum Gasteiger partial charge on any atom is -0.331 e. The predicted molar refractivity (Wildman–Crippen MR) is 128 cm³/mol. The summed E-state index contributed by atoms with van der Waals surface area (Å²) < 4.78 is 135. The summed E-state index contributed by atoms with van der Waals surface area (Å²) in [6.45, 7) is 5.84. The molecule has 2 heterocycles. The number of carbonyl (C=O) groups is 1. The highest BCUT2D eigenvalue weighted by Gasteiger charge is 2.67. The molecule has 2 saturated heterocycles. The lowest BCUT2D eigenvalue weighted by Crippen LogP contribution is -2.50. The Morgan fingerprint density at radius 3 is 2.25 bits per heavy atom. The molecule has 3 rings (SSSR count). The third kappa shape index (κ3) is 5.99. The summed E-state index contributed by atoms with van der Waals surface area (Å²) in [6, 6.07) is 0.336. The number of carbonyl (C=O) groups excluding carboxylic acids is 1. The molecule has 1 aromatic carbocycles. The van der Waals surface area contributed by atoms with Gasteiger partial charge in [0.1, 0.15) is 24.2 Å². The van der Waals surface area contributed by atoms with Crippen LogP contribution in [0.5, 0.6) is 0 Å². The highest BCUT2D eigenvalue weighted by atomic mass is 32.2. The maximum Gasteiger partial charge on any atom is 0.449 e. The molecular formula is C23H25F8N5O3S. The number of sulfonamides is 1. The average Bonchev–Trinajstić information content (AvgIpc) is 3.25. The SMILES string of the molecule is C=C(C=N[C@@]1(C)C(NC(=O)[C@@H]2C[C@@H](F)[C@H](C)N2S(=O)(=O)c2ccc(F)cc2)N1C(=NCC)C(F)(F)F)C(F)(F)F. The van der Waals surface area contributed by atoms with E-state index in [0.29, 0.717) is 9.21 Å². The Kier molecular flexibility index (Phi) is 8.43. The zero-order chi connectivity index (χ0) is 30.4. The molecule has 17 heteroatoms. The Morgan fingerprint density at radius 2 is 1.75 bits per heavy atom. The van der Waals surface area contributed by atoms with Crippen LogP contribution < -0.4 is 5.32 Å². The lowest BCUT2D eigenvalue weighted by molar-refractivity contribution is -0.125. The molecule has 222 valence electrons. The van der Waals surface area contributed by atoms with E-state index in [0.717, 1.165) is 31.2 Å². The summed E-state index contributed by atoms with van der Waals surface area (Å²) in [7, 11) is -4.59. The van der Waals surface area contributed by atoms with Gasteiger partial charge in [-0.25, -0.2) is 17.2 Å². The molecule has 1 N–H and O–H groups in total. The molecule has 5 atom stereocenters. The fourth-order valence-corrected chi connectivity index (χ4v) is 6.12. The number of nitrogens with one attached hydrogen (secondary N) is 1. The van der Waals surface area contributed by atoms with Crippen LogP contribution in [0, 0.1) is 5.82 Å². The van der Waals surface area contributed by atoms with Gasteiger partial charge in [-0.3, -0.25) is 14.8 Å². The van der Waals surface area contributed by atoms with Gasteiger partial charge >= 0.3 is 12.4 Å². The van der Waals surface area contributed by atoms with E-state index >= 15 is 0 Å². The van der Waals surface area contributed by atoms with Crippen LogP contribution in [0.4, 0.5) is 35.1 Å². The van der Waals surface area contributed by atoms with Crippen molar-refractivity contribution < 1.29 is 48.3 Å². The molecule has 8 nitrogen and oxygen atoms in total. The van der Waals surface area contributed by atoms with Gasteiger partial charge in [-0.15, -0.1) is 0 Å². The van der Waals surface area contributed by atoms with E-state index in [1.165, 1.54) is 13.8 Å². The normalized spacial score (nSPS) is 28.3. The molecule has 0 saturated carbocycles. The molecule has 40 heavy (non-hydrogen) atoms. The number of alkyl halides is 7. The van der Waals surface area contributed by atoms with Crippen LogP contribution in [0.3, 0.4) is 0 Å². The molecule has 0 radical (unpaired) electrons. The van der Waals surface area contributed by atoms with E-state index < -0.39 is 86.9 Å². The van der Waals surface area contributed by atoms with Gasteiger partial charge in [0.05, 0.1) is 16.5 Å². The minimum atomic E-state index is -5.10. The fraction of sp³-hybridized carbons (Fsp3) is 0.522. The molecule has 2 aliphatic rings. The van der Waals surface area contributed by atoms with Crippen LogP contribution in [0.2, 0.25) is 0 Å². The van der Waals surface area contributed by atoms with Gasteiger partial charge in [0.15, 0.2) is 5.66 Å². The van der Waals surface area contributed by atoms with E-state index in [1.54, 1.807) is 0 Å². The predicted octanol–water partition coefficient (Wildman–Crippen LogP) is 3.96. The van der Waals surface area contributed by atoms with Crippen LogP contribution in [0.25, 0.3) is 0 Å². The van der Waals surface area contributed by atoms with E-state index in [9.17, 15) is 48.3 Å². The van der Waals surface area contributed by atoms with Crippen LogP contribution >= 0.6 is 0 Å². The van der Waals surface area contributed by atoms with Gasteiger partial charge in [-0.05, 0) is 45.0 Å². The topological polar surface area (TPSA) is 94.2 Å². The number of hydrogen-bond acceptors (Lipinski definition) is 5. The molecular weight excluding hydrogens is 578 g/mol. The Balaban J connectivity index is 1.97. The summed E-state index contributed by atoms with van der Waals surface area (Å²) >= 11 is 0. The smallest absolute Gasteiger partial charge is 0.331 e. The lowest BCUT2D eigenvalue weighted by Gasteiger charge is -2.27. The summed E-state index contributed by atoms with van der Waals surface area (Å²) in [5, 5.41) is 2.16. The first-order valence-electron chi connectivity index (χ1n) is 11.7. The van der Waals surface area contributed by atoms with Gasteiger partial charge in [-0.1, -0.05) is 6.58 Å². The van der Waals surface area contributed by atoms with E-state index in [4.69, 9.17) is 0 Å². The molecule has 2 aliphatic heterocycles. The van der Waals surface area contributed by atoms with E-state index in [-0.39, 0.29) is 12.8 Å². The number of benzene rings is 1. The van der Waals surface area contributed by atoms with Crippen LogP contribution in [0.15, 0.2) is 51.3 Å². The minimum absolute atomic E-state index is 0.208. The van der Waals surface area contributed by atoms with Crippen molar-refractivity contribution in [1.29, 1.82) is 0 Å². The lowest BCUT2D eigenvalue weighted by atomic mass is 10.1. The second kappa shape index (κ2) is 10.7. The number of hydrogen-bond donors (Lipinski definition) is 1. The van der Waals surface area contributed by atoms with Crippen molar-refractivity contribution in [2.24, 2.45) is 9.98 Å². The first-order valence-corrected chi connectivity index (χ1v) is 13.2. The van der Waals surface area contributed by atoms with Crippen LogP contribution in [-0.2, 0) is 14.8 Å². The fourth-order valence-electron chi connectivity index (χ4n) is 4.31. The molecule has 1 unspecified atom stereocenters. The molecule has 0 spiro atoms. The Labute approximate surface area is 224 Å². The quantitative estimate of drug-likeness (QED) is 0.221. The number of nitrogens with zero attached hydrogens (tertiary/aromatic N) is 4. The van der Waals surface area contributed by atoms with Crippen molar-refractivity contribution >= 4 is 28.0 Å². The molecule has 1 aromatic rings. The van der Waals surface area contributed by atoms with Crippen molar-refractivity contribution in [2.75, 3.05) is 6.54 Å². The van der Waals surface area contributed by atoms with Crippen LogP contribution in [0.1, 0.15) is 27.2 Å². The van der Waals surface area contributed by atoms with Gasteiger partial charge < -0.3 is 10.2 Å². The molecule has 0 aliphatic carbocycles. The maximum absolute atomic E-state index is 14.7. The average molecular weight is 604 g/mol. The third-order valence-corrected chi connectivity index (χ3v) is 8.49. The van der Waals surface area contributed by atoms with Crippen molar-refractivity contribution in [1.82, 2.24) is 14.5 Å². The van der Waals surface area contributed by atoms with Crippen molar-refractivity contribution in [3.05, 3.63) is 42.2 Å². The van der Waals surface area contributed by atoms with E-state index in [1.807, 2.05) is 0 Å². The molecule has 0 aromatic heterocycles. The van der Waals surface area contributed by atoms with Crippen molar-refractivity contribution in [2.45, 2.75) is 74.5 Å². The Morgan fingerprint density at radius 1 is 1.18 bits per heavy atom. The van der Waals surface area contributed by atoms with Crippen LogP contribution in [-0.4, -0.2) is 84.6 Å². The van der Waals surface area contributed by atoms with Gasteiger partial charge in [-0.2, -0.15) is 30.6 Å². The van der Waals surface area contributed by atoms with E-state index in [2.05, 4.69) is 21.9 Å². The Hall–Kier alpha value is -3.08. The van der Waals surface area contributed by atoms with Gasteiger partial charge in [0.25, 0.3) is 0 Å². The number of rotatable bonds is 7. The second-order valence-corrected chi connectivity index (χ2v) is 11.1. The highest BCUT2D eigenvalue weighted by Crippen LogP contribution is 2.45. The number of aliphatic imine (C=N–C) groups is 2. The monoisotopic (exact) mass is 603 g/mol. The third-order valence-electron chi connectivity index (χ3n) is 6.48. The summed E-state index contributed by atoms with van der Waals surface area (Å²) in [4.78, 5) is 20.2. The molecule has 2 fully saturated rings. The zero-order valence-corrected chi connectivity index (χ0v) is 22.1. The van der Waals surface area contributed by atoms with Gasteiger partial charge in [0, 0.05) is 19.2 Å². The second-order valence-electron chi connectivity index (χ2n) is 9.25. The highest BCUT2D eigenvalue weighted by molar-refractivity contribution is 7.89. The van der Waals surface area contributed by atoms with Crippen molar-refractivity contribution in [3.63, 3.8) is 0 Å². The number of allylic oxidation sites excluding steroid dienone is 1. The Bertz CT molecular complexity index is 1310. The standard InChI is InChI=1S/C23H25F8N5O3S/c1-5-32-20(23(29,30)31)35-19(21(35,4)33-11-12(2)22(26,27)28)34-18(37)17-10-16(25)13(3)36(17)40(38,39)15-8-6-14(24)7-9-15/h6-9,11,13,16-17,19H,2,5,10H2,1,3-4H3,(H,34,37)/t13-,16+,17-,19?,21+,35?/m0/s1. The summed E-state index contributed by atoms with van der Waals surface area (Å²) in [5.41, 5.74) is -3.61. The number of halogens is 8. The first kappa shape index (κ1) is 31.4. The summed E-state index contributed by atoms with van der Waals surface area (Å²) in [6.07, 6.45) is -14.1.